The summed E-state index contributed by atoms with van der Waals surface area (Å²) in [6, 6.07) is 8.25. The Hall–Kier alpha value is -2.14. The number of hydrogen-bond acceptors (Lipinski definition) is 7. The summed E-state index contributed by atoms with van der Waals surface area (Å²) in [5.41, 5.74) is -0.964. The van der Waals surface area contributed by atoms with Crippen LogP contribution in [0.4, 0.5) is 0 Å². The molecule has 184 valence electrons. The monoisotopic (exact) mass is 482 g/mol. The fourth-order valence-corrected chi connectivity index (χ4v) is 5.12. The van der Waals surface area contributed by atoms with Crippen LogP contribution in [0.25, 0.3) is 0 Å². The van der Waals surface area contributed by atoms with Gasteiger partial charge in [0.1, 0.15) is 6.10 Å². The molecule has 1 heterocycles. The van der Waals surface area contributed by atoms with Crippen LogP contribution in [0.2, 0.25) is 0 Å². The lowest BCUT2D eigenvalue weighted by Crippen LogP contribution is -2.42. The number of aliphatic hydroxyl groups excluding tert-OH is 2. The van der Waals surface area contributed by atoms with Crippen molar-refractivity contribution in [2.24, 2.45) is 11.3 Å². The van der Waals surface area contributed by atoms with Crippen molar-refractivity contribution in [1.29, 1.82) is 0 Å². The van der Waals surface area contributed by atoms with Crippen molar-refractivity contribution in [2.45, 2.75) is 57.0 Å². The first-order valence-electron chi connectivity index (χ1n) is 11.2. The Kier molecular flexibility index (Phi) is 9.71. The molecule has 1 fully saturated rings. The summed E-state index contributed by atoms with van der Waals surface area (Å²) >= 11 is 0. The molecule has 3 N–H and O–H groups in total. The van der Waals surface area contributed by atoms with E-state index >= 15 is 0 Å². The van der Waals surface area contributed by atoms with Crippen LogP contribution >= 0.6 is 0 Å². The Balaban J connectivity index is 1.71. The number of benzene rings is 1. The predicted octanol–water partition coefficient (Wildman–Crippen LogP) is 0.891. The van der Waals surface area contributed by atoms with Gasteiger partial charge in [-0.05, 0) is 37.3 Å². The summed E-state index contributed by atoms with van der Waals surface area (Å²) in [6.45, 7) is 3.76. The SMILES string of the molecule is CC(C)(CO)[C@@H](O)C(=O)CCCC(=O)C(=O)NCC1CCN(S(=O)(=O)c2ccccc2)CC1. The molecule has 1 aliphatic rings. The van der Waals surface area contributed by atoms with E-state index in [9.17, 15) is 33.0 Å². The average molecular weight is 483 g/mol. The van der Waals surface area contributed by atoms with Crippen molar-refractivity contribution < 1.29 is 33.0 Å². The quantitative estimate of drug-likeness (QED) is 0.376. The number of amides is 1. The largest absolute Gasteiger partial charge is 0.396 e. The molecule has 1 atom stereocenters. The van der Waals surface area contributed by atoms with E-state index in [0.717, 1.165) is 0 Å². The number of rotatable bonds is 12. The number of carbonyl (C=O) groups is 3. The van der Waals surface area contributed by atoms with Gasteiger partial charge in [-0.3, -0.25) is 14.4 Å². The van der Waals surface area contributed by atoms with Crippen LogP contribution in [0.5, 0.6) is 0 Å². The molecule has 2 rings (SSSR count). The number of carbonyl (C=O) groups excluding carboxylic acids is 3. The molecule has 33 heavy (non-hydrogen) atoms. The minimum Gasteiger partial charge on any atom is -0.396 e. The lowest BCUT2D eigenvalue weighted by Gasteiger charge is -2.31. The third-order valence-corrected chi connectivity index (χ3v) is 7.95. The van der Waals surface area contributed by atoms with Gasteiger partial charge in [0.05, 0.1) is 11.5 Å². The maximum absolute atomic E-state index is 12.7. The lowest BCUT2D eigenvalue weighted by atomic mass is 9.84. The predicted molar refractivity (Wildman–Crippen MR) is 122 cm³/mol. The van der Waals surface area contributed by atoms with E-state index < -0.39 is 39.0 Å². The minimum atomic E-state index is -3.53. The molecule has 1 aromatic rings. The van der Waals surface area contributed by atoms with Crippen LogP contribution in [0.3, 0.4) is 0 Å². The Morgan fingerprint density at radius 2 is 1.73 bits per heavy atom. The van der Waals surface area contributed by atoms with E-state index in [2.05, 4.69) is 5.32 Å². The number of piperidine rings is 1. The summed E-state index contributed by atoms with van der Waals surface area (Å²) in [6.07, 6.45) is -0.209. The zero-order valence-corrected chi connectivity index (χ0v) is 20.0. The highest BCUT2D eigenvalue weighted by atomic mass is 32.2. The van der Waals surface area contributed by atoms with Crippen LogP contribution < -0.4 is 5.32 Å². The maximum Gasteiger partial charge on any atom is 0.287 e. The number of Topliss-reactive ketones (excluding diaryl/α,β-unsaturated/α-hetero) is 2. The van der Waals surface area contributed by atoms with Gasteiger partial charge in [-0.15, -0.1) is 0 Å². The second-order valence-electron chi connectivity index (χ2n) is 9.16. The maximum atomic E-state index is 12.7. The van der Waals surface area contributed by atoms with Crippen molar-refractivity contribution in [3.8, 4) is 0 Å². The molecule has 1 amide bonds. The molecule has 0 radical (unpaired) electrons. The summed E-state index contributed by atoms with van der Waals surface area (Å²) in [7, 11) is -3.53. The minimum absolute atomic E-state index is 0.0576. The van der Waals surface area contributed by atoms with E-state index in [1.807, 2.05) is 0 Å². The first kappa shape index (κ1) is 27.1. The smallest absolute Gasteiger partial charge is 0.287 e. The Bertz CT molecular complexity index is 923. The molecule has 1 aliphatic heterocycles. The number of ketones is 2. The Labute approximate surface area is 195 Å². The number of aliphatic hydroxyl groups is 2. The van der Waals surface area contributed by atoms with E-state index in [4.69, 9.17) is 0 Å². The van der Waals surface area contributed by atoms with Crippen LogP contribution in [0.15, 0.2) is 35.2 Å². The zero-order chi connectivity index (χ0) is 24.6. The summed E-state index contributed by atoms with van der Waals surface area (Å²) < 4.78 is 26.8. The second-order valence-corrected chi connectivity index (χ2v) is 11.1. The number of nitrogens with one attached hydrogen (secondary N) is 1. The molecule has 0 aliphatic carbocycles. The molecular weight excluding hydrogens is 448 g/mol. The fourth-order valence-electron chi connectivity index (χ4n) is 3.63. The van der Waals surface area contributed by atoms with Crippen molar-refractivity contribution in [2.75, 3.05) is 26.2 Å². The van der Waals surface area contributed by atoms with Gasteiger partial charge in [-0.1, -0.05) is 32.0 Å². The molecule has 0 aromatic heterocycles. The van der Waals surface area contributed by atoms with Crippen molar-refractivity contribution in [3.05, 3.63) is 30.3 Å². The van der Waals surface area contributed by atoms with E-state index in [0.29, 0.717) is 25.9 Å². The first-order chi connectivity index (χ1) is 15.5. The highest BCUT2D eigenvalue weighted by Gasteiger charge is 2.33. The van der Waals surface area contributed by atoms with Crippen LogP contribution in [-0.4, -0.2) is 72.8 Å². The molecular formula is C23H34N2O7S. The fraction of sp³-hybridized carbons (Fsp3) is 0.609. The van der Waals surface area contributed by atoms with Gasteiger partial charge in [0, 0.05) is 37.9 Å². The van der Waals surface area contributed by atoms with E-state index in [1.54, 1.807) is 44.2 Å². The normalized spacial score (nSPS) is 16.8. The Morgan fingerprint density at radius 3 is 2.30 bits per heavy atom. The molecule has 9 nitrogen and oxygen atoms in total. The summed E-state index contributed by atoms with van der Waals surface area (Å²) in [4.78, 5) is 36.4. The van der Waals surface area contributed by atoms with Crippen LogP contribution in [-0.2, 0) is 24.4 Å². The molecule has 1 aromatic carbocycles. The first-order valence-corrected chi connectivity index (χ1v) is 12.6. The van der Waals surface area contributed by atoms with Gasteiger partial charge in [0.25, 0.3) is 5.91 Å². The number of nitrogens with zero attached hydrogens (tertiary/aromatic N) is 1. The van der Waals surface area contributed by atoms with Crippen molar-refractivity contribution >= 4 is 27.5 Å². The number of sulfonamides is 1. The van der Waals surface area contributed by atoms with Gasteiger partial charge in [0.15, 0.2) is 5.78 Å². The van der Waals surface area contributed by atoms with Gasteiger partial charge >= 0.3 is 0 Å². The van der Waals surface area contributed by atoms with Gasteiger partial charge < -0.3 is 15.5 Å². The van der Waals surface area contributed by atoms with Crippen LogP contribution in [0, 0.1) is 11.3 Å². The lowest BCUT2D eigenvalue weighted by molar-refractivity contribution is -0.138. The second kappa shape index (κ2) is 11.8. The number of hydrogen-bond donors (Lipinski definition) is 3. The standard InChI is InChI=1S/C23H34N2O7S/c1-23(2,16-26)21(29)19(27)9-6-10-20(28)22(30)24-15-17-11-13-25(14-12-17)33(31,32)18-7-4-3-5-8-18/h3-5,7-8,17,21,26,29H,6,9-16H2,1-2H3,(H,24,30)/t21-/m0/s1. The molecule has 10 heteroatoms. The van der Waals surface area contributed by atoms with E-state index in [1.165, 1.54) is 4.31 Å². The third-order valence-electron chi connectivity index (χ3n) is 6.04. The van der Waals surface area contributed by atoms with Gasteiger partial charge in [0.2, 0.25) is 15.8 Å². The third kappa shape index (κ3) is 7.43. The molecule has 0 saturated carbocycles. The molecule has 0 unspecified atom stereocenters. The average Bonchev–Trinajstić information content (AvgIpc) is 2.82. The zero-order valence-electron chi connectivity index (χ0n) is 19.2. The van der Waals surface area contributed by atoms with Gasteiger partial charge in [-0.25, -0.2) is 8.42 Å². The highest BCUT2D eigenvalue weighted by molar-refractivity contribution is 7.89. The molecule has 0 bridgehead atoms. The Morgan fingerprint density at radius 1 is 1.12 bits per heavy atom. The molecule has 0 spiro atoms. The van der Waals surface area contributed by atoms with E-state index in [-0.39, 0.29) is 43.2 Å². The van der Waals surface area contributed by atoms with Crippen molar-refractivity contribution in [1.82, 2.24) is 9.62 Å². The van der Waals surface area contributed by atoms with Crippen LogP contribution in [0.1, 0.15) is 46.0 Å². The summed E-state index contributed by atoms with van der Waals surface area (Å²) in [5, 5.41) is 21.8. The van der Waals surface area contributed by atoms with Gasteiger partial charge in [-0.2, -0.15) is 4.31 Å². The summed E-state index contributed by atoms with van der Waals surface area (Å²) in [5.74, 6) is -1.76. The molecule has 1 saturated heterocycles. The van der Waals surface area contributed by atoms with Crippen molar-refractivity contribution in [3.63, 3.8) is 0 Å². The topological polar surface area (TPSA) is 141 Å². The highest BCUT2D eigenvalue weighted by Crippen LogP contribution is 2.24.